The van der Waals surface area contributed by atoms with E-state index in [1.807, 2.05) is 0 Å². The van der Waals surface area contributed by atoms with Crippen molar-refractivity contribution in [2.45, 2.75) is 13.0 Å². The number of hydrogen-bond acceptors (Lipinski definition) is 2. The molecule has 0 spiro atoms. The van der Waals surface area contributed by atoms with Gasteiger partial charge in [-0.25, -0.2) is 9.18 Å². The minimum Gasteiger partial charge on any atom is -0.467 e. The molecular weight excluding hydrogens is 209 g/mol. The average Bonchev–Trinajstić information content (AvgIpc) is 2.72. The Bertz CT molecular complexity index is 533. The molecule has 0 amide bonds. The van der Waals surface area contributed by atoms with Gasteiger partial charge in [0.25, 0.3) is 0 Å². The summed E-state index contributed by atoms with van der Waals surface area (Å²) < 4.78 is 19.8. The van der Waals surface area contributed by atoms with Gasteiger partial charge < -0.3 is 9.30 Å². The highest BCUT2D eigenvalue weighted by atomic mass is 19.1. The van der Waals surface area contributed by atoms with Gasteiger partial charge in [0.1, 0.15) is 11.9 Å². The maximum atomic E-state index is 13.4. The maximum absolute atomic E-state index is 13.4. The maximum Gasteiger partial charge on any atom is 0.328 e. The summed E-state index contributed by atoms with van der Waals surface area (Å²) in [6, 6.07) is 6.00. The second-order valence-electron chi connectivity index (χ2n) is 3.59. The van der Waals surface area contributed by atoms with Crippen molar-refractivity contribution in [1.82, 2.24) is 4.57 Å². The summed E-state index contributed by atoms with van der Waals surface area (Å²) in [5, 5.41) is 0.512. The Balaban J connectivity index is 2.54. The van der Waals surface area contributed by atoms with Gasteiger partial charge in [-0.05, 0) is 25.1 Å². The molecule has 0 saturated carbocycles. The second kappa shape index (κ2) is 3.96. The number of ether oxygens (including phenoxy) is 1. The number of carbonyl (C=O) groups excluding carboxylic acids is 1. The first-order valence-electron chi connectivity index (χ1n) is 4.98. The Hall–Kier alpha value is -1.84. The zero-order chi connectivity index (χ0) is 11.7. The molecule has 2 rings (SSSR count). The van der Waals surface area contributed by atoms with E-state index in [4.69, 9.17) is 0 Å². The molecular formula is C12H12FNO2. The smallest absolute Gasteiger partial charge is 0.328 e. The molecule has 3 nitrogen and oxygen atoms in total. The first-order valence-corrected chi connectivity index (χ1v) is 4.98. The first-order chi connectivity index (χ1) is 7.65. The molecule has 2 aromatic rings. The summed E-state index contributed by atoms with van der Waals surface area (Å²) in [6.07, 6.45) is 1.69. The summed E-state index contributed by atoms with van der Waals surface area (Å²) >= 11 is 0. The van der Waals surface area contributed by atoms with Crippen LogP contribution in [-0.4, -0.2) is 17.6 Å². The monoisotopic (exact) mass is 221 g/mol. The van der Waals surface area contributed by atoms with Gasteiger partial charge in [-0.3, -0.25) is 0 Å². The molecule has 84 valence electrons. The molecule has 4 heteroatoms. The summed E-state index contributed by atoms with van der Waals surface area (Å²) in [6.45, 7) is 1.72. The van der Waals surface area contributed by atoms with Gasteiger partial charge in [0.05, 0.1) is 12.6 Å². The van der Waals surface area contributed by atoms with Crippen molar-refractivity contribution in [3.05, 3.63) is 36.3 Å². The summed E-state index contributed by atoms with van der Waals surface area (Å²) in [5.74, 6) is -0.630. The zero-order valence-electron chi connectivity index (χ0n) is 9.11. The lowest BCUT2D eigenvalue weighted by molar-refractivity contribution is -0.143. The van der Waals surface area contributed by atoms with Crippen LogP contribution in [0, 0.1) is 5.82 Å². The largest absolute Gasteiger partial charge is 0.467 e. The normalized spacial score (nSPS) is 12.7. The van der Waals surface area contributed by atoms with Gasteiger partial charge in [-0.15, -0.1) is 0 Å². The standard InChI is InChI=1S/C12H12FNO2/c1-8(12(15)16-2)14-7-6-9-10(13)4-3-5-11(9)14/h3-8H,1-2H3. The quantitative estimate of drug-likeness (QED) is 0.729. The SMILES string of the molecule is COC(=O)C(C)n1ccc2c(F)cccc21. The van der Waals surface area contributed by atoms with E-state index in [1.54, 1.807) is 35.9 Å². The molecule has 1 atom stereocenters. The number of rotatable bonds is 2. The van der Waals surface area contributed by atoms with Crippen molar-refractivity contribution in [3.8, 4) is 0 Å². The van der Waals surface area contributed by atoms with Gasteiger partial charge in [0, 0.05) is 11.6 Å². The third kappa shape index (κ3) is 1.56. The van der Waals surface area contributed by atoms with Gasteiger partial charge in [-0.1, -0.05) is 6.07 Å². The Morgan fingerprint density at radius 1 is 1.44 bits per heavy atom. The minimum atomic E-state index is -0.454. The van der Waals surface area contributed by atoms with Crippen molar-refractivity contribution >= 4 is 16.9 Å². The highest BCUT2D eigenvalue weighted by Crippen LogP contribution is 2.22. The van der Waals surface area contributed by atoms with Crippen molar-refractivity contribution < 1.29 is 13.9 Å². The van der Waals surface area contributed by atoms with Crippen LogP contribution in [0.25, 0.3) is 10.9 Å². The number of aromatic nitrogens is 1. The van der Waals surface area contributed by atoms with E-state index < -0.39 is 6.04 Å². The van der Waals surface area contributed by atoms with Crippen molar-refractivity contribution in [1.29, 1.82) is 0 Å². The van der Waals surface area contributed by atoms with E-state index in [2.05, 4.69) is 4.74 Å². The van der Waals surface area contributed by atoms with Crippen molar-refractivity contribution in [3.63, 3.8) is 0 Å². The number of hydrogen-bond donors (Lipinski definition) is 0. The van der Waals surface area contributed by atoms with Crippen LogP contribution in [0.4, 0.5) is 4.39 Å². The molecule has 0 fully saturated rings. The molecule has 0 aliphatic heterocycles. The fourth-order valence-corrected chi connectivity index (χ4v) is 1.77. The summed E-state index contributed by atoms with van der Waals surface area (Å²) in [5.41, 5.74) is 0.693. The first kappa shape index (κ1) is 10.7. The molecule has 0 bridgehead atoms. The molecule has 0 aliphatic rings. The van der Waals surface area contributed by atoms with Crippen LogP contribution in [0.5, 0.6) is 0 Å². The number of methoxy groups -OCH3 is 1. The highest BCUT2D eigenvalue weighted by molar-refractivity contribution is 5.83. The topological polar surface area (TPSA) is 31.2 Å². The molecule has 16 heavy (non-hydrogen) atoms. The molecule has 0 radical (unpaired) electrons. The van der Waals surface area contributed by atoms with Gasteiger partial charge in [0.2, 0.25) is 0 Å². The Labute approximate surface area is 92.4 Å². The molecule has 1 aromatic heterocycles. The van der Waals surface area contributed by atoms with Crippen molar-refractivity contribution in [2.24, 2.45) is 0 Å². The van der Waals surface area contributed by atoms with Crippen LogP contribution >= 0.6 is 0 Å². The van der Waals surface area contributed by atoms with E-state index in [0.29, 0.717) is 10.9 Å². The number of esters is 1. The lowest BCUT2D eigenvalue weighted by Crippen LogP contribution is -2.16. The van der Waals surface area contributed by atoms with Crippen LogP contribution in [-0.2, 0) is 9.53 Å². The molecule has 0 aliphatic carbocycles. The second-order valence-corrected chi connectivity index (χ2v) is 3.59. The number of benzene rings is 1. The third-order valence-corrected chi connectivity index (χ3v) is 2.67. The van der Waals surface area contributed by atoms with Crippen LogP contribution < -0.4 is 0 Å². The Morgan fingerprint density at radius 2 is 2.19 bits per heavy atom. The number of nitrogens with zero attached hydrogens (tertiary/aromatic N) is 1. The molecule has 1 aromatic carbocycles. The van der Waals surface area contributed by atoms with E-state index in [0.717, 1.165) is 0 Å². The summed E-state index contributed by atoms with van der Waals surface area (Å²) in [7, 11) is 1.34. The lowest BCUT2D eigenvalue weighted by atomic mass is 10.2. The molecule has 0 saturated heterocycles. The predicted molar refractivity (Wildman–Crippen MR) is 58.6 cm³/mol. The van der Waals surface area contributed by atoms with E-state index in [-0.39, 0.29) is 11.8 Å². The molecule has 1 heterocycles. The molecule has 0 N–H and O–H groups in total. The Morgan fingerprint density at radius 3 is 2.88 bits per heavy atom. The average molecular weight is 221 g/mol. The van der Waals surface area contributed by atoms with Crippen LogP contribution in [0.2, 0.25) is 0 Å². The highest BCUT2D eigenvalue weighted by Gasteiger charge is 2.17. The van der Waals surface area contributed by atoms with Gasteiger partial charge in [0.15, 0.2) is 0 Å². The molecule has 1 unspecified atom stereocenters. The Kier molecular flexibility index (Phi) is 2.64. The fourth-order valence-electron chi connectivity index (χ4n) is 1.77. The predicted octanol–water partition coefficient (Wildman–Crippen LogP) is 2.51. The van der Waals surface area contributed by atoms with Crippen LogP contribution in [0.3, 0.4) is 0 Å². The van der Waals surface area contributed by atoms with Crippen LogP contribution in [0.15, 0.2) is 30.5 Å². The minimum absolute atomic E-state index is 0.284. The number of carbonyl (C=O) groups is 1. The van der Waals surface area contributed by atoms with E-state index in [9.17, 15) is 9.18 Å². The van der Waals surface area contributed by atoms with E-state index in [1.165, 1.54) is 13.2 Å². The zero-order valence-corrected chi connectivity index (χ0v) is 9.11. The number of halogens is 1. The fraction of sp³-hybridized carbons (Fsp3) is 0.250. The third-order valence-electron chi connectivity index (χ3n) is 2.67. The van der Waals surface area contributed by atoms with E-state index >= 15 is 0 Å². The van der Waals surface area contributed by atoms with Crippen molar-refractivity contribution in [2.75, 3.05) is 7.11 Å². The summed E-state index contributed by atoms with van der Waals surface area (Å²) in [4.78, 5) is 11.4. The lowest BCUT2D eigenvalue weighted by Gasteiger charge is -2.12. The van der Waals surface area contributed by atoms with Crippen LogP contribution in [0.1, 0.15) is 13.0 Å². The number of fused-ring (bicyclic) bond motifs is 1. The van der Waals surface area contributed by atoms with Gasteiger partial charge >= 0.3 is 5.97 Å². The van der Waals surface area contributed by atoms with Gasteiger partial charge in [-0.2, -0.15) is 0 Å².